The summed E-state index contributed by atoms with van der Waals surface area (Å²) in [6.45, 7) is 8.93. The number of benzene rings is 1. The maximum atomic E-state index is 11.8. The minimum atomic E-state index is -0.383. The van der Waals surface area contributed by atoms with Gasteiger partial charge in [-0.05, 0) is 84.2 Å². The monoisotopic (exact) mass is 412 g/mol. The molecular weight excluding hydrogens is 372 g/mol. The van der Waals surface area contributed by atoms with Gasteiger partial charge in [0.1, 0.15) is 5.60 Å². The number of carbonyl (C=O) groups excluding carboxylic acids is 1. The summed E-state index contributed by atoms with van der Waals surface area (Å²) in [5.41, 5.74) is 2.42. The van der Waals surface area contributed by atoms with E-state index in [-0.39, 0.29) is 11.6 Å². The molecule has 0 aromatic heterocycles. The van der Waals surface area contributed by atoms with Gasteiger partial charge in [0.05, 0.1) is 0 Å². The van der Waals surface area contributed by atoms with E-state index < -0.39 is 0 Å². The van der Waals surface area contributed by atoms with Crippen molar-refractivity contribution < 1.29 is 9.53 Å². The molecule has 0 aliphatic heterocycles. The third-order valence-electron chi connectivity index (χ3n) is 6.16. The SMILES string of the molecule is CC(=Cc1ccccc1)[C@@H]1C[C@H]1NC1CCC(NCCCC(=O)OC(C)(C)C)CC1. The van der Waals surface area contributed by atoms with Crippen LogP contribution in [0.2, 0.25) is 0 Å². The second kappa shape index (κ2) is 10.6. The molecule has 2 aliphatic carbocycles. The number of ether oxygens (including phenoxy) is 1. The highest BCUT2D eigenvalue weighted by Crippen LogP contribution is 2.39. The largest absolute Gasteiger partial charge is 0.460 e. The molecule has 1 aromatic rings. The fourth-order valence-corrected chi connectivity index (χ4v) is 4.50. The summed E-state index contributed by atoms with van der Waals surface area (Å²) in [7, 11) is 0. The van der Waals surface area contributed by atoms with Crippen molar-refractivity contribution in [2.75, 3.05) is 6.54 Å². The molecule has 166 valence electrons. The second-order valence-electron chi connectivity index (χ2n) is 10.1. The van der Waals surface area contributed by atoms with E-state index in [0.29, 0.717) is 30.5 Å². The first-order chi connectivity index (χ1) is 14.3. The predicted molar refractivity (Wildman–Crippen MR) is 124 cm³/mol. The van der Waals surface area contributed by atoms with Crippen LogP contribution in [0.15, 0.2) is 35.9 Å². The van der Waals surface area contributed by atoms with Gasteiger partial charge in [-0.2, -0.15) is 0 Å². The molecule has 1 aromatic carbocycles. The van der Waals surface area contributed by atoms with E-state index in [4.69, 9.17) is 4.74 Å². The van der Waals surface area contributed by atoms with Crippen LogP contribution < -0.4 is 10.6 Å². The van der Waals surface area contributed by atoms with Crippen molar-refractivity contribution >= 4 is 12.0 Å². The summed E-state index contributed by atoms with van der Waals surface area (Å²) in [5, 5.41) is 7.54. The van der Waals surface area contributed by atoms with Gasteiger partial charge in [-0.15, -0.1) is 0 Å². The lowest BCUT2D eigenvalue weighted by molar-refractivity contribution is -0.154. The van der Waals surface area contributed by atoms with Gasteiger partial charge < -0.3 is 15.4 Å². The van der Waals surface area contributed by atoms with E-state index in [1.54, 1.807) is 0 Å². The molecule has 0 bridgehead atoms. The molecule has 0 radical (unpaired) electrons. The zero-order valence-corrected chi connectivity index (χ0v) is 19.2. The Morgan fingerprint density at radius 1 is 1.10 bits per heavy atom. The highest BCUT2D eigenvalue weighted by molar-refractivity contribution is 5.69. The number of hydrogen-bond acceptors (Lipinski definition) is 4. The maximum absolute atomic E-state index is 11.8. The maximum Gasteiger partial charge on any atom is 0.306 e. The molecular formula is C26H40N2O2. The fraction of sp³-hybridized carbons (Fsp3) is 0.654. The van der Waals surface area contributed by atoms with Gasteiger partial charge >= 0.3 is 5.97 Å². The van der Waals surface area contributed by atoms with E-state index in [1.807, 2.05) is 20.8 Å². The van der Waals surface area contributed by atoms with Gasteiger partial charge in [0, 0.05) is 24.5 Å². The normalized spacial score (nSPS) is 27.0. The van der Waals surface area contributed by atoms with Gasteiger partial charge in [0.2, 0.25) is 0 Å². The third kappa shape index (κ3) is 7.88. The van der Waals surface area contributed by atoms with Crippen LogP contribution in [-0.2, 0) is 9.53 Å². The molecule has 0 amide bonds. The van der Waals surface area contributed by atoms with Gasteiger partial charge in [-0.25, -0.2) is 0 Å². The zero-order chi connectivity index (χ0) is 21.6. The van der Waals surface area contributed by atoms with Crippen LogP contribution in [0.5, 0.6) is 0 Å². The van der Waals surface area contributed by atoms with Crippen molar-refractivity contribution in [3.8, 4) is 0 Å². The fourth-order valence-electron chi connectivity index (χ4n) is 4.50. The Morgan fingerprint density at radius 2 is 1.77 bits per heavy atom. The Hall–Kier alpha value is -1.65. The van der Waals surface area contributed by atoms with Crippen LogP contribution in [0, 0.1) is 5.92 Å². The smallest absolute Gasteiger partial charge is 0.306 e. The van der Waals surface area contributed by atoms with E-state index in [9.17, 15) is 4.79 Å². The molecule has 2 saturated carbocycles. The average Bonchev–Trinajstić information content (AvgIpc) is 3.45. The summed E-state index contributed by atoms with van der Waals surface area (Å²) >= 11 is 0. The van der Waals surface area contributed by atoms with Crippen molar-refractivity contribution in [1.82, 2.24) is 10.6 Å². The van der Waals surface area contributed by atoms with Crippen LogP contribution in [0.3, 0.4) is 0 Å². The highest BCUT2D eigenvalue weighted by atomic mass is 16.6. The molecule has 0 spiro atoms. The lowest BCUT2D eigenvalue weighted by Gasteiger charge is -2.30. The minimum Gasteiger partial charge on any atom is -0.460 e. The first kappa shape index (κ1) is 23.0. The van der Waals surface area contributed by atoms with Crippen LogP contribution in [0.4, 0.5) is 0 Å². The van der Waals surface area contributed by atoms with Gasteiger partial charge in [-0.3, -0.25) is 4.79 Å². The number of hydrogen-bond donors (Lipinski definition) is 2. The van der Waals surface area contributed by atoms with E-state index in [1.165, 1.54) is 43.2 Å². The van der Waals surface area contributed by atoms with Crippen LogP contribution in [0.1, 0.15) is 78.2 Å². The summed E-state index contributed by atoms with van der Waals surface area (Å²) < 4.78 is 5.37. The zero-order valence-electron chi connectivity index (χ0n) is 19.2. The number of esters is 1. The molecule has 2 atom stereocenters. The van der Waals surface area contributed by atoms with Crippen molar-refractivity contribution in [2.24, 2.45) is 5.92 Å². The first-order valence-corrected chi connectivity index (χ1v) is 11.7. The third-order valence-corrected chi connectivity index (χ3v) is 6.16. The van der Waals surface area contributed by atoms with Crippen LogP contribution >= 0.6 is 0 Å². The Kier molecular flexibility index (Phi) is 8.13. The average molecular weight is 413 g/mol. The molecule has 2 aliphatic rings. The van der Waals surface area contributed by atoms with Gasteiger partial charge in [0.25, 0.3) is 0 Å². The van der Waals surface area contributed by atoms with Crippen molar-refractivity contribution in [3.05, 3.63) is 41.5 Å². The minimum absolute atomic E-state index is 0.0900. The lowest BCUT2D eigenvalue weighted by atomic mass is 9.91. The Balaban J connectivity index is 1.28. The number of carbonyl (C=O) groups is 1. The molecule has 30 heavy (non-hydrogen) atoms. The van der Waals surface area contributed by atoms with Crippen LogP contribution in [0.25, 0.3) is 6.08 Å². The predicted octanol–water partition coefficient (Wildman–Crippen LogP) is 5.09. The van der Waals surface area contributed by atoms with Crippen molar-refractivity contribution in [1.29, 1.82) is 0 Å². The molecule has 0 saturated heterocycles. The van der Waals surface area contributed by atoms with E-state index in [2.05, 4.69) is 54.0 Å². The van der Waals surface area contributed by atoms with E-state index in [0.717, 1.165) is 13.0 Å². The molecule has 0 unspecified atom stereocenters. The quantitative estimate of drug-likeness (QED) is 0.438. The molecule has 4 nitrogen and oxygen atoms in total. The summed E-state index contributed by atoms with van der Waals surface area (Å²) in [4.78, 5) is 11.8. The van der Waals surface area contributed by atoms with Crippen LogP contribution in [-0.4, -0.2) is 36.2 Å². The number of rotatable bonds is 9. The molecule has 2 N–H and O–H groups in total. The standard InChI is InChI=1S/C26H40N2O2/c1-19(17-20-9-6-5-7-10-20)23-18-24(23)28-22-14-12-21(13-15-22)27-16-8-11-25(29)30-26(2,3)4/h5-7,9-10,17,21-24,27-28H,8,11-16,18H2,1-4H3/t21?,22?,23-,24+/m0/s1. The lowest BCUT2D eigenvalue weighted by Crippen LogP contribution is -2.41. The van der Waals surface area contributed by atoms with E-state index >= 15 is 0 Å². The van der Waals surface area contributed by atoms with Crippen molar-refractivity contribution in [2.45, 2.75) is 96.4 Å². The van der Waals surface area contributed by atoms with Crippen molar-refractivity contribution in [3.63, 3.8) is 0 Å². The van der Waals surface area contributed by atoms with Gasteiger partial charge in [-0.1, -0.05) is 42.0 Å². The molecule has 4 heteroatoms. The van der Waals surface area contributed by atoms with Gasteiger partial charge in [0.15, 0.2) is 0 Å². The number of nitrogens with one attached hydrogen (secondary N) is 2. The Bertz CT molecular complexity index is 699. The topological polar surface area (TPSA) is 50.4 Å². The molecule has 3 rings (SSSR count). The molecule has 0 heterocycles. The Morgan fingerprint density at radius 3 is 2.43 bits per heavy atom. The molecule has 2 fully saturated rings. The summed E-state index contributed by atoms with van der Waals surface area (Å²) in [6.07, 6.45) is 9.90. The second-order valence-corrected chi connectivity index (χ2v) is 10.1. The summed E-state index contributed by atoms with van der Waals surface area (Å²) in [5.74, 6) is 0.613. The summed E-state index contributed by atoms with van der Waals surface area (Å²) in [6, 6.07) is 12.5. The first-order valence-electron chi connectivity index (χ1n) is 11.7. The highest BCUT2D eigenvalue weighted by Gasteiger charge is 2.39. The Labute approximate surface area is 182 Å².